The van der Waals surface area contributed by atoms with Crippen LogP contribution in [-0.4, -0.2) is 19.0 Å². The fraction of sp³-hybridized carbons (Fsp3) is 0.316. The molecule has 0 spiro atoms. The van der Waals surface area contributed by atoms with Gasteiger partial charge in [-0.1, -0.05) is 42.8 Å². The Balaban J connectivity index is 1.62. The van der Waals surface area contributed by atoms with E-state index < -0.39 is 0 Å². The van der Waals surface area contributed by atoms with Gasteiger partial charge in [-0.15, -0.1) is 0 Å². The average molecular weight is 331 g/mol. The first-order chi connectivity index (χ1) is 11.2. The fourth-order valence-corrected chi connectivity index (χ4v) is 2.51. The van der Waals surface area contributed by atoms with Gasteiger partial charge < -0.3 is 10.6 Å². The molecule has 0 aliphatic rings. The van der Waals surface area contributed by atoms with Crippen molar-refractivity contribution in [3.63, 3.8) is 0 Å². The third-order valence-electron chi connectivity index (χ3n) is 3.65. The summed E-state index contributed by atoms with van der Waals surface area (Å²) >= 11 is 5.95. The molecule has 0 heterocycles. The number of amides is 1. The van der Waals surface area contributed by atoms with Gasteiger partial charge in [0, 0.05) is 23.7 Å². The Morgan fingerprint density at radius 3 is 2.52 bits per heavy atom. The lowest BCUT2D eigenvalue weighted by Crippen LogP contribution is -2.23. The molecule has 4 heteroatoms. The SMILES string of the molecule is CCc1ccc(NC(=O)CCNCCc2cccc(Cl)c2)cc1. The van der Waals surface area contributed by atoms with Gasteiger partial charge in [-0.3, -0.25) is 4.79 Å². The molecule has 2 N–H and O–H groups in total. The molecule has 3 nitrogen and oxygen atoms in total. The molecule has 2 aromatic carbocycles. The van der Waals surface area contributed by atoms with E-state index in [-0.39, 0.29) is 5.91 Å². The molecule has 23 heavy (non-hydrogen) atoms. The van der Waals surface area contributed by atoms with E-state index in [0.717, 1.165) is 30.1 Å². The lowest BCUT2D eigenvalue weighted by molar-refractivity contribution is -0.116. The lowest BCUT2D eigenvalue weighted by atomic mass is 10.1. The Morgan fingerprint density at radius 2 is 1.83 bits per heavy atom. The van der Waals surface area contributed by atoms with Gasteiger partial charge in [-0.2, -0.15) is 0 Å². The first kappa shape index (κ1) is 17.5. The fourth-order valence-electron chi connectivity index (χ4n) is 2.30. The van der Waals surface area contributed by atoms with Crippen molar-refractivity contribution in [1.29, 1.82) is 0 Å². The number of hydrogen-bond donors (Lipinski definition) is 2. The second-order valence-corrected chi connectivity index (χ2v) is 5.92. The highest BCUT2D eigenvalue weighted by Gasteiger charge is 2.02. The van der Waals surface area contributed by atoms with Gasteiger partial charge in [0.25, 0.3) is 0 Å². The highest BCUT2D eigenvalue weighted by atomic mass is 35.5. The topological polar surface area (TPSA) is 41.1 Å². The molecular weight excluding hydrogens is 308 g/mol. The molecule has 122 valence electrons. The third-order valence-corrected chi connectivity index (χ3v) is 3.89. The van der Waals surface area contributed by atoms with E-state index in [9.17, 15) is 4.79 Å². The number of rotatable bonds is 8. The van der Waals surface area contributed by atoms with E-state index >= 15 is 0 Å². The van der Waals surface area contributed by atoms with Crippen molar-refractivity contribution in [2.75, 3.05) is 18.4 Å². The summed E-state index contributed by atoms with van der Waals surface area (Å²) in [4.78, 5) is 11.9. The van der Waals surface area contributed by atoms with Gasteiger partial charge in [0.1, 0.15) is 0 Å². The molecule has 1 amide bonds. The maximum atomic E-state index is 11.9. The number of halogens is 1. The number of anilines is 1. The van der Waals surface area contributed by atoms with E-state index in [4.69, 9.17) is 11.6 Å². The van der Waals surface area contributed by atoms with Crippen LogP contribution < -0.4 is 10.6 Å². The molecule has 0 bridgehead atoms. The third kappa shape index (κ3) is 6.43. The van der Waals surface area contributed by atoms with Crippen LogP contribution in [0.2, 0.25) is 5.02 Å². The van der Waals surface area contributed by atoms with Crippen LogP contribution in [0.15, 0.2) is 48.5 Å². The normalized spacial score (nSPS) is 10.5. The standard InChI is InChI=1S/C19H23ClN2O/c1-2-15-6-8-18(9-7-15)22-19(23)11-13-21-12-10-16-4-3-5-17(20)14-16/h3-9,14,21H,2,10-13H2,1H3,(H,22,23). The smallest absolute Gasteiger partial charge is 0.225 e. The summed E-state index contributed by atoms with van der Waals surface area (Å²) < 4.78 is 0. The van der Waals surface area contributed by atoms with Gasteiger partial charge in [0.15, 0.2) is 0 Å². The van der Waals surface area contributed by atoms with Crippen LogP contribution in [0.3, 0.4) is 0 Å². The van der Waals surface area contributed by atoms with Crippen LogP contribution in [0.4, 0.5) is 5.69 Å². The highest BCUT2D eigenvalue weighted by Crippen LogP contribution is 2.11. The second kappa shape index (κ2) is 9.33. The Labute approximate surface area is 143 Å². The van der Waals surface area contributed by atoms with Gasteiger partial charge >= 0.3 is 0 Å². The zero-order chi connectivity index (χ0) is 16.5. The largest absolute Gasteiger partial charge is 0.326 e. The van der Waals surface area contributed by atoms with Crippen LogP contribution in [-0.2, 0) is 17.6 Å². The van der Waals surface area contributed by atoms with Crippen LogP contribution >= 0.6 is 11.6 Å². The van der Waals surface area contributed by atoms with Gasteiger partial charge in [0.2, 0.25) is 5.91 Å². The quantitative estimate of drug-likeness (QED) is 0.716. The van der Waals surface area contributed by atoms with E-state index in [1.54, 1.807) is 0 Å². The van der Waals surface area contributed by atoms with Crippen LogP contribution in [0.1, 0.15) is 24.5 Å². The number of hydrogen-bond acceptors (Lipinski definition) is 2. The van der Waals surface area contributed by atoms with Crippen molar-refractivity contribution in [3.8, 4) is 0 Å². The highest BCUT2D eigenvalue weighted by molar-refractivity contribution is 6.30. The molecule has 0 aliphatic carbocycles. The molecule has 2 rings (SSSR count). The molecule has 0 radical (unpaired) electrons. The minimum atomic E-state index is 0.0319. The van der Waals surface area contributed by atoms with E-state index in [1.807, 2.05) is 42.5 Å². The minimum Gasteiger partial charge on any atom is -0.326 e. The van der Waals surface area contributed by atoms with Crippen molar-refractivity contribution in [2.45, 2.75) is 26.2 Å². The second-order valence-electron chi connectivity index (χ2n) is 5.48. The summed E-state index contributed by atoms with van der Waals surface area (Å²) in [7, 11) is 0. The van der Waals surface area contributed by atoms with Gasteiger partial charge in [0.05, 0.1) is 0 Å². The number of nitrogens with one attached hydrogen (secondary N) is 2. The van der Waals surface area contributed by atoms with Crippen LogP contribution in [0.5, 0.6) is 0 Å². The molecule has 0 atom stereocenters. The van der Waals surface area contributed by atoms with Crippen molar-refractivity contribution < 1.29 is 4.79 Å². The zero-order valence-electron chi connectivity index (χ0n) is 13.4. The summed E-state index contributed by atoms with van der Waals surface area (Å²) in [5, 5.41) is 6.96. The average Bonchev–Trinajstić information content (AvgIpc) is 2.55. The maximum Gasteiger partial charge on any atom is 0.225 e. The molecular formula is C19H23ClN2O. The Hall–Kier alpha value is -1.84. The monoisotopic (exact) mass is 330 g/mol. The van der Waals surface area contributed by atoms with Crippen molar-refractivity contribution in [3.05, 3.63) is 64.7 Å². The Kier molecular flexibility index (Phi) is 7.11. The summed E-state index contributed by atoms with van der Waals surface area (Å²) in [5.41, 5.74) is 3.32. The predicted molar refractivity (Wildman–Crippen MR) is 97.1 cm³/mol. The maximum absolute atomic E-state index is 11.9. The molecule has 0 unspecified atom stereocenters. The summed E-state index contributed by atoms with van der Waals surface area (Å²) in [5.74, 6) is 0.0319. The Morgan fingerprint density at radius 1 is 1.04 bits per heavy atom. The van der Waals surface area contributed by atoms with Crippen molar-refractivity contribution in [1.82, 2.24) is 5.32 Å². The molecule has 0 fully saturated rings. The van der Waals surface area contributed by atoms with Gasteiger partial charge in [-0.05, 0) is 54.8 Å². The molecule has 0 aliphatic heterocycles. The van der Waals surface area contributed by atoms with E-state index in [2.05, 4.69) is 23.6 Å². The molecule has 0 saturated carbocycles. The van der Waals surface area contributed by atoms with Crippen LogP contribution in [0.25, 0.3) is 0 Å². The van der Waals surface area contributed by atoms with Crippen LogP contribution in [0, 0.1) is 0 Å². The van der Waals surface area contributed by atoms with Crippen molar-refractivity contribution in [2.24, 2.45) is 0 Å². The summed E-state index contributed by atoms with van der Waals surface area (Å²) in [6.07, 6.45) is 2.37. The van der Waals surface area contributed by atoms with Crippen molar-refractivity contribution >= 4 is 23.2 Å². The van der Waals surface area contributed by atoms with E-state index in [1.165, 1.54) is 11.1 Å². The minimum absolute atomic E-state index is 0.0319. The lowest BCUT2D eigenvalue weighted by Gasteiger charge is -2.07. The first-order valence-corrected chi connectivity index (χ1v) is 8.39. The number of aryl methyl sites for hydroxylation is 1. The van der Waals surface area contributed by atoms with E-state index in [0.29, 0.717) is 13.0 Å². The van der Waals surface area contributed by atoms with Gasteiger partial charge in [-0.25, -0.2) is 0 Å². The molecule has 2 aromatic rings. The molecule has 0 aromatic heterocycles. The number of carbonyl (C=O) groups excluding carboxylic acids is 1. The Bertz CT molecular complexity index is 626. The number of benzene rings is 2. The first-order valence-electron chi connectivity index (χ1n) is 8.01. The molecule has 0 saturated heterocycles. The zero-order valence-corrected chi connectivity index (χ0v) is 14.2. The summed E-state index contributed by atoms with van der Waals surface area (Å²) in [6, 6.07) is 15.8. The number of carbonyl (C=O) groups is 1. The summed E-state index contributed by atoms with van der Waals surface area (Å²) in [6.45, 7) is 3.61. The predicted octanol–water partition coefficient (Wildman–Crippen LogP) is 4.06.